The molecule has 0 spiro atoms. The topological polar surface area (TPSA) is 22.1 Å². The minimum absolute atomic E-state index is 0.183. The van der Waals surface area contributed by atoms with E-state index in [0.717, 1.165) is 11.0 Å². The summed E-state index contributed by atoms with van der Waals surface area (Å²) < 4.78 is 5.61. The van der Waals surface area contributed by atoms with Gasteiger partial charge in [0.05, 0.1) is 5.69 Å². The Morgan fingerprint density at radius 2 is 2.08 bits per heavy atom. The fraction of sp³-hybridized carbons (Fsp3) is 0.500. The van der Waals surface area contributed by atoms with Crippen LogP contribution in [0, 0.1) is 0 Å². The van der Waals surface area contributed by atoms with Crippen LogP contribution >= 0.6 is 15.9 Å². The Kier molecular flexibility index (Phi) is 3.31. The molecule has 0 saturated heterocycles. The predicted molar refractivity (Wildman–Crippen MR) is 57.2 cm³/mol. The molecule has 72 valence electrons. The summed E-state index contributed by atoms with van der Waals surface area (Å²) in [5.74, 6) is 0.685. The first-order valence-electron chi connectivity index (χ1n) is 4.22. The molecule has 1 aromatic heterocycles. The molecular formula is C10H14BrNO. The highest BCUT2D eigenvalue weighted by Gasteiger charge is 2.12. The van der Waals surface area contributed by atoms with E-state index in [1.807, 2.05) is 39.0 Å². The van der Waals surface area contributed by atoms with Gasteiger partial charge >= 0.3 is 0 Å². The maximum atomic E-state index is 5.61. The Balaban J connectivity index is 2.78. The van der Waals surface area contributed by atoms with Gasteiger partial charge in [0.1, 0.15) is 5.60 Å². The highest BCUT2D eigenvalue weighted by atomic mass is 79.9. The molecule has 0 aliphatic rings. The number of rotatable bonds is 2. The van der Waals surface area contributed by atoms with Gasteiger partial charge in [0, 0.05) is 11.4 Å². The molecular weight excluding hydrogens is 230 g/mol. The van der Waals surface area contributed by atoms with Gasteiger partial charge in [-0.15, -0.1) is 0 Å². The Morgan fingerprint density at radius 3 is 2.62 bits per heavy atom. The zero-order valence-electron chi connectivity index (χ0n) is 8.17. The monoisotopic (exact) mass is 243 g/mol. The number of halogens is 1. The molecule has 0 amide bonds. The number of nitrogens with zero attached hydrogens (tertiary/aromatic N) is 1. The molecule has 0 aliphatic heterocycles. The fourth-order valence-electron chi connectivity index (χ4n) is 0.903. The van der Waals surface area contributed by atoms with Crippen LogP contribution in [0.1, 0.15) is 26.5 Å². The summed E-state index contributed by atoms with van der Waals surface area (Å²) in [5, 5.41) is 0.758. The Bertz CT molecular complexity index is 280. The van der Waals surface area contributed by atoms with Gasteiger partial charge in [0.25, 0.3) is 0 Å². The molecule has 13 heavy (non-hydrogen) atoms. The van der Waals surface area contributed by atoms with Crippen LogP contribution in [0.3, 0.4) is 0 Å². The minimum atomic E-state index is -0.183. The molecule has 0 unspecified atom stereocenters. The summed E-state index contributed by atoms with van der Waals surface area (Å²) in [6.45, 7) is 6.03. The Hall–Kier alpha value is -0.570. The summed E-state index contributed by atoms with van der Waals surface area (Å²) in [6, 6.07) is 5.78. The van der Waals surface area contributed by atoms with E-state index in [0.29, 0.717) is 5.88 Å². The van der Waals surface area contributed by atoms with E-state index in [9.17, 15) is 0 Å². The number of alkyl halides is 1. The second-order valence-corrected chi connectivity index (χ2v) is 4.38. The van der Waals surface area contributed by atoms with Crippen molar-refractivity contribution in [3.63, 3.8) is 0 Å². The van der Waals surface area contributed by atoms with E-state index >= 15 is 0 Å². The second kappa shape index (κ2) is 4.09. The van der Waals surface area contributed by atoms with Crippen molar-refractivity contribution in [2.45, 2.75) is 31.7 Å². The lowest BCUT2D eigenvalue weighted by Crippen LogP contribution is -2.23. The van der Waals surface area contributed by atoms with Crippen LogP contribution in [0.15, 0.2) is 18.2 Å². The van der Waals surface area contributed by atoms with E-state index in [2.05, 4.69) is 20.9 Å². The molecule has 3 heteroatoms. The van der Waals surface area contributed by atoms with E-state index < -0.39 is 0 Å². The molecule has 0 aromatic carbocycles. The molecule has 0 atom stereocenters. The first-order valence-corrected chi connectivity index (χ1v) is 5.34. The van der Waals surface area contributed by atoms with Crippen molar-refractivity contribution in [3.8, 4) is 5.88 Å². The average molecular weight is 244 g/mol. The lowest BCUT2D eigenvalue weighted by atomic mass is 10.2. The number of hydrogen-bond acceptors (Lipinski definition) is 2. The lowest BCUT2D eigenvalue weighted by molar-refractivity contribution is 0.124. The molecule has 2 nitrogen and oxygen atoms in total. The number of pyridine rings is 1. The molecule has 0 radical (unpaired) electrons. The van der Waals surface area contributed by atoms with Crippen LogP contribution in [0.5, 0.6) is 5.88 Å². The normalized spacial score (nSPS) is 11.4. The van der Waals surface area contributed by atoms with Crippen molar-refractivity contribution in [3.05, 3.63) is 23.9 Å². The van der Waals surface area contributed by atoms with Gasteiger partial charge in [-0.05, 0) is 26.8 Å². The van der Waals surface area contributed by atoms with Gasteiger partial charge < -0.3 is 4.74 Å². The summed E-state index contributed by atoms with van der Waals surface area (Å²) in [6.07, 6.45) is 0. The maximum Gasteiger partial charge on any atom is 0.213 e. The second-order valence-electron chi connectivity index (χ2n) is 3.82. The van der Waals surface area contributed by atoms with Crippen molar-refractivity contribution in [2.75, 3.05) is 0 Å². The molecule has 1 heterocycles. The molecule has 0 fully saturated rings. The molecule has 0 aliphatic carbocycles. The van der Waals surface area contributed by atoms with Gasteiger partial charge in [-0.3, -0.25) is 0 Å². The molecule has 0 saturated carbocycles. The highest BCUT2D eigenvalue weighted by molar-refractivity contribution is 9.08. The van der Waals surface area contributed by atoms with Crippen molar-refractivity contribution in [1.29, 1.82) is 0 Å². The summed E-state index contributed by atoms with van der Waals surface area (Å²) in [4.78, 5) is 4.31. The molecule has 0 N–H and O–H groups in total. The predicted octanol–water partition coefficient (Wildman–Crippen LogP) is 3.15. The highest BCUT2D eigenvalue weighted by Crippen LogP contribution is 2.16. The van der Waals surface area contributed by atoms with Gasteiger partial charge in [0.2, 0.25) is 5.88 Å². The number of ether oxygens (including phenoxy) is 1. The van der Waals surface area contributed by atoms with Gasteiger partial charge in [-0.25, -0.2) is 4.98 Å². The van der Waals surface area contributed by atoms with Gasteiger partial charge in [0.15, 0.2) is 0 Å². The van der Waals surface area contributed by atoms with Crippen LogP contribution in [-0.4, -0.2) is 10.6 Å². The van der Waals surface area contributed by atoms with Crippen LogP contribution in [0.2, 0.25) is 0 Å². The van der Waals surface area contributed by atoms with Gasteiger partial charge in [-0.2, -0.15) is 0 Å². The first-order chi connectivity index (χ1) is 6.01. The third-order valence-corrected chi connectivity index (χ3v) is 1.90. The smallest absolute Gasteiger partial charge is 0.213 e. The third-order valence-electron chi connectivity index (χ3n) is 1.33. The third kappa shape index (κ3) is 3.77. The van der Waals surface area contributed by atoms with Crippen molar-refractivity contribution in [1.82, 2.24) is 4.98 Å². The van der Waals surface area contributed by atoms with Crippen molar-refractivity contribution >= 4 is 15.9 Å². The summed E-state index contributed by atoms with van der Waals surface area (Å²) in [5.41, 5.74) is 0.805. The van der Waals surface area contributed by atoms with E-state index in [-0.39, 0.29) is 5.60 Å². The van der Waals surface area contributed by atoms with E-state index in [1.54, 1.807) is 0 Å². The molecule has 1 aromatic rings. The van der Waals surface area contributed by atoms with E-state index in [1.165, 1.54) is 0 Å². The molecule has 0 bridgehead atoms. The van der Waals surface area contributed by atoms with Crippen LogP contribution < -0.4 is 4.74 Å². The summed E-state index contributed by atoms with van der Waals surface area (Å²) in [7, 11) is 0. The van der Waals surface area contributed by atoms with Crippen molar-refractivity contribution < 1.29 is 4.74 Å². The Labute approximate surface area is 87.5 Å². The number of aromatic nitrogens is 1. The Morgan fingerprint density at radius 1 is 1.38 bits per heavy atom. The first kappa shape index (κ1) is 10.5. The van der Waals surface area contributed by atoms with Crippen LogP contribution in [0.25, 0.3) is 0 Å². The standard InChI is InChI=1S/C10H14BrNO/c1-10(2,3)13-9-6-4-5-8(7-11)12-9/h4-6H,7H2,1-3H3. The minimum Gasteiger partial charge on any atom is -0.472 e. The fourth-order valence-corrected chi connectivity index (χ4v) is 1.21. The zero-order valence-corrected chi connectivity index (χ0v) is 9.76. The van der Waals surface area contributed by atoms with Gasteiger partial charge in [-0.1, -0.05) is 22.0 Å². The lowest BCUT2D eigenvalue weighted by Gasteiger charge is -2.20. The average Bonchev–Trinajstić information content (AvgIpc) is 2.01. The SMILES string of the molecule is CC(C)(C)Oc1cccc(CBr)n1. The largest absolute Gasteiger partial charge is 0.472 e. The number of hydrogen-bond donors (Lipinski definition) is 0. The summed E-state index contributed by atoms with van der Waals surface area (Å²) >= 11 is 3.35. The maximum absolute atomic E-state index is 5.61. The van der Waals surface area contributed by atoms with E-state index in [4.69, 9.17) is 4.74 Å². The van der Waals surface area contributed by atoms with Crippen LogP contribution in [0.4, 0.5) is 0 Å². The quantitative estimate of drug-likeness (QED) is 0.745. The molecule has 1 rings (SSSR count). The van der Waals surface area contributed by atoms with Crippen molar-refractivity contribution in [2.24, 2.45) is 0 Å². The van der Waals surface area contributed by atoms with Crippen LogP contribution in [-0.2, 0) is 5.33 Å². The zero-order chi connectivity index (χ0) is 9.90.